The first kappa shape index (κ1) is 13.9. The number of hydrogen-bond acceptors (Lipinski definition) is 6. The maximum absolute atomic E-state index is 11.7. The van der Waals surface area contributed by atoms with Crippen molar-refractivity contribution in [2.75, 3.05) is 0 Å². The van der Waals surface area contributed by atoms with Crippen LogP contribution in [0.5, 0.6) is 5.75 Å². The van der Waals surface area contributed by atoms with Crippen molar-refractivity contribution in [1.82, 2.24) is 19.5 Å². The van der Waals surface area contributed by atoms with Crippen molar-refractivity contribution in [1.29, 1.82) is 0 Å². The van der Waals surface area contributed by atoms with Crippen molar-refractivity contribution in [3.8, 4) is 5.75 Å². The van der Waals surface area contributed by atoms with E-state index in [0.717, 1.165) is 0 Å². The van der Waals surface area contributed by atoms with E-state index in [1.807, 2.05) is 0 Å². The van der Waals surface area contributed by atoms with Crippen LogP contribution in [0.1, 0.15) is 5.56 Å². The number of phenols is 1. The SMILES string of the molecule is O=c1[nH]cnc2c1[nH]c(=S)n2Cc1cc([N+](=O)[O-])ccc1O. The monoisotopic (exact) mass is 319 g/mol. The summed E-state index contributed by atoms with van der Waals surface area (Å²) >= 11 is 5.14. The summed E-state index contributed by atoms with van der Waals surface area (Å²) in [5.41, 5.74) is 0.286. The third-order valence-electron chi connectivity index (χ3n) is 3.17. The predicted molar refractivity (Wildman–Crippen MR) is 79.4 cm³/mol. The van der Waals surface area contributed by atoms with Gasteiger partial charge in [0.2, 0.25) is 0 Å². The standard InChI is InChI=1S/C12H9N5O4S/c18-8-2-1-7(17(20)21)3-6(8)4-16-10-9(15-12(16)22)11(19)14-5-13-10/h1-3,5,18H,4H2,(H,15,22)(H,13,14,19). The summed E-state index contributed by atoms with van der Waals surface area (Å²) in [5, 5.41) is 20.7. The largest absolute Gasteiger partial charge is 0.508 e. The summed E-state index contributed by atoms with van der Waals surface area (Å²) in [5.74, 6) is -0.105. The Labute approximate surface area is 127 Å². The van der Waals surface area contributed by atoms with Gasteiger partial charge in [-0.3, -0.25) is 19.5 Å². The summed E-state index contributed by atoms with van der Waals surface area (Å²) in [6, 6.07) is 3.70. The minimum absolute atomic E-state index is 0.0444. The van der Waals surface area contributed by atoms with Crippen molar-refractivity contribution in [3.63, 3.8) is 0 Å². The van der Waals surface area contributed by atoms with Crippen LogP contribution in [-0.4, -0.2) is 29.5 Å². The summed E-state index contributed by atoms with van der Waals surface area (Å²) in [6.45, 7) is 0.0444. The molecule has 22 heavy (non-hydrogen) atoms. The van der Waals surface area contributed by atoms with E-state index in [4.69, 9.17) is 12.2 Å². The smallest absolute Gasteiger partial charge is 0.276 e. The number of phenolic OH excluding ortho intramolecular Hbond substituents is 1. The van der Waals surface area contributed by atoms with Gasteiger partial charge in [0, 0.05) is 17.7 Å². The molecule has 0 aliphatic carbocycles. The van der Waals surface area contributed by atoms with Crippen LogP contribution in [0.4, 0.5) is 5.69 Å². The fraction of sp³-hybridized carbons (Fsp3) is 0.0833. The van der Waals surface area contributed by atoms with Crippen LogP contribution in [0, 0.1) is 14.9 Å². The van der Waals surface area contributed by atoms with Crippen LogP contribution in [0.15, 0.2) is 29.3 Å². The number of imidazole rings is 1. The molecule has 0 aliphatic heterocycles. The Kier molecular flexibility index (Phi) is 3.22. The first-order valence-electron chi connectivity index (χ1n) is 6.10. The molecule has 0 saturated heterocycles. The molecule has 3 aromatic rings. The average Bonchev–Trinajstić information content (AvgIpc) is 2.79. The minimum Gasteiger partial charge on any atom is -0.508 e. The summed E-state index contributed by atoms with van der Waals surface area (Å²) in [7, 11) is 0. The highest BCUT2D eigenvalue weighted by molar-refractivity contribution is 7.71. The number of aromatic nitrogens is 4. The first-order chi connectivity index (χ1) is 10.5. The second-order valence-electron chi connectivity index (χ2n) is 4.52. The van der Waals surface area contributed by atoms with Crippen molar-refractivity contribution in [2.45, 2.75) is 6.54 Å². The number of rotatable bonds is 3. The summed E-state index contributed by atoms with van der Waals surface area (Å²) < 4.78 is 1.71. The Morgan fingerprint density at radius 2 is 2.23 bits per heavy atom. The van der Waals surface area contributed by atoms with E-state index in [9.17, 15) is 20.0 Å². The second-order valence-corrected chi connectivity index (χ2v) is 4.90. The fourth-order valence-electron chi connectivity index (χ4n) is 2.11. The van der Waals surface area contributed by atoms with E-state index in [0.29, 0.717) is 11.2 Å². The summed E-state index contributed by atoms with van der Waals surface area (Å²) in [4.78, 5) is 31.1. The van der Waals surface area contributed by atoms with E-state index in [1.165, 1.54) is 29.1 Å². The Morgan fingerprint density at radius 1 is 1.45 bits per heavy atom. The van der Waals surface area contributed by atoms with Gasteiger partial charge in [-0.25, -0.2) is 4.98 Å². The number of hydrogen-bond donors (Lipinski definition) is 3. The highest BCUT2D eigenvalue weighted by Gasteiger charge is 2.14. The second kappa shape index (κ2) is 5.07. The lowest BCUT2D eigenvalue weighted by Gasteiger charge is -2.06. The number of aromatic hydroxyl groups is 1. The molecule has 0 spiro atoms. The molecule has 0 fully saturated rings. The molecule has 0 aliphatic rings. The number of H-pyrrole nitrogens is 2. The molecule has 2 aromatic heterocycles. The van der Waals surface area contributed by atoms with Gasteiger partial charge in [-0.05, 0) is 18.3 Å². The molecule has 3 N–H and O–H groups in total. The molecule has 1 aromatic carbocycles. The molecule has 9 nitrogen and oxygen atoms in total. The molecule has 0 bridgehead atoms. The van der Waals surface area contributed by atoms with E-state index >= 15 is 0 Å². The van der Waals surface area contributed by atoms with Crippen LogP contribution < -0.4 is 5.56 Å². The van der Waals surface area contributed by atoms with E-state index < -0.39 is 4.92 Å². The van der Waals surface area contributed by atoms with Gasteiger partial charge in [0.1, 0.15) is 5.75 Å². The lowest BCUT2D eigenvalue weighted by Crippen LogP contribution is -2.08. The van der Waals surface area contributed by atoms with Gasteiger partial charge in [0.15, 0.2) is 15.9 Å². The Morgan fingerprint density at radius 3 is 2.95 bits per heavy atom. The fourth-order valence-corrected chi connectivity index (χ4v) is 2.36. The molecule has 0 radical (unpaired) electrons. The zero-order chi connectivity index (χ0) is 15.9. The van der Waals surface area contributed by atoms with Gasteiger partial charge in [-0.15, -0.1) is 0 Å². The third kappa shape index (κ3) is 2.24. The van der Waals surface area contributed by atoms with Gasteiger partial charge in [-0.1, -0.05) is 0 Å². The molecule has 10 heteroatoms. The molecule has 0 unspecified atom stereocenters. The zero-order valence-electron chi connectivity index (χ0n) is 10.9. The van der Waals surface area contributed by atoms with Crippen LogP contribution in [0.25, 0.3) is 11.2 Å². The van der Waals surface area contributed by atoms with Gasteiger partial charge >= 0.3 is 0 Å². The quantitative estimate of drug-likeness (QED) is 0.380. The number of nitro groups is 1. The molecule has 3 rings (SSSR count). The van der Waals surface area contributed by atoms with Gasteiger partial charge in [0.25, 0.3) is 11.2 Å². The highest BCUT2D eigenvalue weighted by atomic mass is 32.1. The predicted octanol–water partition coefficient (Wildman–Crippen LogP) is 1.44. The molecule has 0 atom stereocenters. The lowest BCUT2D eigenvalue weighted by atomic mass is 10.2. The van der Waals surface area contributed by atoms with Crippen molar-refractivity contribution < 1.29 is 10.0 Å². The third-order valence-corrected chi connectivity index (χ3v) is 3.49. The van der Waals surface area contributed by atoms with Gasteiger partial charge in [-0.2, -0.15) is 0 Å². The van der Waals surface area contributed by atoms with Crippen LogP contribution in [-0.2, 0) is 6.54 Å². The Bertz CT molecular complexity index is 1000. The molecule has 0 saturated carbocycles. The van der Waals surface area contributed by atoms with Crippen molar-refractivity contribution >= 4 is 29.1 Å². The number of nitro benzene ring substituents is 1. The summed E-state index contributed by atoms with van der Waals surface area (Å²) in [6.07, 6.45) is 1.23. The Balaban J connectivity index is 2.15. The normalized spacial score (nSPS) is 10.9. The minimum atomic E-state index is -0.555. The number of aromatic amines is 2. The van der Waals surface area contributed by atoms with Gasteiger partial charge < -0.3 is 15.1 Å². The van der Waals surface area contributed by atoms with E-state index in [2.05, 4.69) is 15.0 Å². The van der Waals surface area contributed by atoms with Crippen LogP contribution in [0.2, 0.25) is 0 Å². The zero-order valence-corrected chi connectivity index (χ0v) is 11.8. The maximum Gasteiger partial charge on any atom is 0.276 e. The number of fused-ring (bicyclic) bond motifs is 1. The van der Waals surface area contributed by atoms with Crippen molar-refractivity contribution in [3.05, 3.63) is 55.3 Å². The Hall–Kier alpha value is -3.01. The maximum atomic E-state index is 11.7. The molecule has 2 heterocycles. The van der Waals surface area contributed by atoms with Crippen molar-refractivity contribution in [2.24, 2.45) is 0 Å². The molecule has 0 amide bonds. The first-order valence-corrected chi connectivity index (χ1v) is 6.50. The van der Waals surface area contributed by atoms with E-state index in [-0.39, 0.29) is 33.8 Å². The topological polar surface area (TPSA) is 130 Å². The highest BCUT2D eigenvalue weighted by Crippen LogP contribution is 2.24. The number of nitrogens with one attached hydrogen (secondary N) is 2. The van der Waals surface area contributed by atoms with Crippen LogP contribution >= 0.6 is 12.2 Å². The average molecular weight is 319 g/mol. The number of nitrogens with zero attached hydrogens (tertiary/aromatic N) is 3. The number of benzene rings is 1. The molecular weight excluding hydrogens is 310 g/mol. The van der Waals surface area contributed by atoms with Gasteiger partial charge in [0.05, 0.1) is 17.8 Å². The van der Waals surface area contributed by atoms with E-state index in [1.54, 1.807) is 0 Å². The number of non-ortho nitro benzene ring substituents is 1. The lowest BCUT2D eigenvalue weighted by molar-refractivity contribution is -0.384. The molecule has 112 valence electrons. The van der Waals surface area contributed by atoms with Crippen LogP contribution in [0.3, 0.4) is 0 Å². The molecular formula is C12H9N5O4S.